The maximum Gasteiger partial charge on any atom is 0.0580 e. The van der Waals surface area contributed by atoms with Crippen LogP contribution in [0.25, 0.3) is 39.1 Å². The normalized spacial score (nSPS) is 19.8. The van der Waals surface area contributed by atoms with Crippen molar-refractivity contribution < 1.29 is 0 Å². The molecule has 7 aromatic carbocycles. The lowest BCUT2D eigenvalue weighted by molar-refractivity contribution is 0.125. The van der Waals surface area contributed by atoms with Gasteiger partial charge in [0.25, 0.3) is 0 Å². The molecule has 4 aliphatic carbocycles. The summed E-state index contributed by atoms with van der Waals surface area (Å²) in [6.07, 6.45) is 4.88. The molecule has 0 spiro atoms. The van der Waals surface area contributed by atoms with Crippen LogP contribution < -0.4 is 4.90 Å². The van der Waals surface area contributed by atoms with Gasteiger partial charge < -0.3 is 4.90 Å². The number of hydrogen-bond donors (Lipinski definition) is 0. The van der Waals surface area contributed by atoms with Gasteiger partial charge in [-0.25, -0.2) is 0 Å². The predicted octanol–water partition coefficient (Wildman–Crippen LogP) is 15.7. The Morgan fingerprint density at radius 3 is 1.76 bits per heavy atom. The van der Waals surface area contributed by atoms with E-state index < -0.39 is 0 Å². The number of rotatable bonds is 4. The Balaban J connectivity index is 1.16. The van der Waals surface area contributed by atoms with E-state index in [4.69, 9.17) is 0 Å². The van der Waals surface area contributed by atoms with Crippen molar-refractivity contribution in [2.45, 2.75) is 96.8 Å². The molecule has 1 nitrogen and oxygen atoms in total. The second kappa shape index (κ2) is 11.8. The Bertz CT molecular complexity index is 2980. The average Bonchev–Trinajstić information content (AvgIpc) is 3.86. The maximum absolute atomic E-state index is 2.67. The van der Waals surface area contributed by atoms with E-state index >= 15 is 0 Å². The van der Waals surface area contributed by atoms with E-state index in [2.05, 4.69) is 220 Å². The highest BCUT2D eigenvalue weighted by atomic mass is 15.2. The molecule has 0 N–H and O–H groups in total. The largest absolute Gasteiger partial charge is 0.309 e. The van der Waals surface area contributed by atoms with Gasteiger partial charge in [0.05, 0.1) is 11.4 Å². The lowest BCUT2D eigenvalue weighted by atomic mass is 9.59. The zero-order valence-electron chi connectivity index (χ0n) is 36.4. The van der Waals surface area contributed by atoms with Gasteiger partial charge in [-0.05, 0) is 107 Å². The van der Waals surface area contributed by atoms with Gasteiger partial charge in [0.2, 0.25) is 0 Å². The molecule has 11 rings (SSSR count). The standard InChI is InChI=1S/C58H55N/c1-54(2)46-23-15-13-20-41(46)43-28-26-36(32-48(43)54)38-30-31-45-40(38)22-17-25-51(45)59(37-27-29-44-42-21-14-16-24-47(42)55(3,4)49(44)34-37)53-39-19-12-11-18-35(39)33-50-52(53)57(7,8)58(9,10)56(50,5)6/h11-34,38H,1-10H3. The molecular formula is C58H55N. The van der Waals surface area contributed by atoms with Gasteiger partial charge in [0.1, 0.15) is 0 Å². The van der Waals surface area contributed by atoms with E-state index in [9.17, 15) is 0 Å². The third-order valence-electron chi connectivity index (χ3n) is 16.6. The smallest absolute Gasteiger partial charge is 0.0580 e. The van der Waals surface area contributed by atoms with Crippen molar-refractivity contribution in [3.8, 4) is 22.3 Å². The van der Waals surface area contributed by atoms with Gasteiger partial charge in [0, 0.05) is 33.4 Å². The summed E-state index contributed by atoms with van der Waals surface area (Å²) in [6.45, 7) is 24.5. The zero-order valence-corrected chi connectivity index (χ0v) is 36.4. The minimum atomic E-state index is -0.124. The Morgan fingerprint density at radius 1 is 0.475 bits per heavy atom. The topological polar surface area (TPSA) is 3.24 Å². The lowest BCUT2D eigenvalue weighted by Gasteiger charge is -2.45. The Morgan fingerprint density at radius 2 is 1.07 bits per heavy atom. The summed E-state index contributed by atoms with van der Waals surface area (Å²) < 4.78 is 0. The van der Waals surface area contributed by atoms with Crippen molar-refractivity contribution >= 4 is 33.9 Å². The summed E-state index contributed by atoms with van der Waals surface area (Å²) in [4.78, 5) is 2.67. The molecule has 0 bridgehead atoms. The Hall–Kier alpha value is -5.66. The molecule has 0 radical (unpaired) electrons. The minimum absolute atomic E-state index is 0.00760. The molecule has 0 fully saturated rings. The summed E-state index contributed by atoms with van der Waals surface area (Å²) in [5.74, 6) is 0.164. The van der Waals surface area contributed by atoms with Crippen LogP contribution in [0.5, 0.6) is 0 Å². The lowest BCUT2D eigenvalue weighted by Crippen LogP contribution is -2.42. The third-order valence-corrected chi connectivity index (χ3v) is 16.6. The van der Waals surface area contributed by atoms with Gasteiger partial charge in [-0.15, -0.1) is 0 Å². The molecule has 59 heavy (non-hydrogen) atoms. The molecule has 4 aliphatic rings. The van der Waals surface area contributed by atoms with E-state index in [1.54, 1.807) is 0 Å². The van der Waals surface area contributed by atoms with Crippen LogP contribution in [0.1, 0.15) is 125 Å². The summed E-state index contributed by atoms with van der Waals surface area (Å²) in [6, 6.07) is 51.3. The maximum atomic E-state index is 2.67. The number of hydrogen-bond acceptors (Lipinski definition) is 1. The first-order valence-corrected chi connectivity index (χ1v) is 21.7. The van der Waals surface area contributed by atoms with Crippen LogP contribution in [0.4, 0.5) is 17.1 Å². The molecule has 0 aromatic heterocycles. The van der Waals surface area contributed by atoms with Crippen LogP contribution in [-0.2, 0) is 21.7 Å². The summed E-state index contributed by atoms with van der Waals surface area (Å²) >= 11 is 0. The molecule has 1 atom stereocenters. The molecule has 0 amide bonds. The fraction of sp³-hybridized carbons (Fsp3) is 0.276. The van der Waals surface area contributed by atoms with Crippen LogP contribution in [0, 0.1) is 5.41 Å². The fourth-order valence-electron chi connectivity index (χ4n) is 12.1. The Kier molecular flexibility index (Phi) is 7.26. The van der Waals surface area contributed by atoms with Crippen LogP contribution >= 0.6 is 0 Å². The molecule has 292 valence electrons. The summed E-state index contributed by atoms with van der Waals surface area (Å²) in [5, 5.41) is 2.59. The second-order valence-electron chi connectivity index (χ2n) is 20.6. The number of benzene rings is 7. The van der Waals surface area contributed by atoms with Crippen molar-refractivity contribution in [2.75, 3.05) is 4.90 Å². The van der Waals surface area contributed by atoms with E-state index in [-0.39, 0.29) is 33.0 Å². The number of nitrogens with zero attached hydrogens (tertiary/aromatic N) is 1. The predicted molar refractivity (Wildman–Crippen MR) is 251 cm³/mol. The minimum Gasteiger partial charge on any atom is -0.309 e. The van der Waals surface area contributed by atoms with Gasteiger partial charge in [0.15, 0.2) is 0 Å². The fourth-order valence-corrected chi connectivity index (χ4v) is 12.1. The van der Waals surface area contributed by atoms with Gasteiger partial charge >= 0.3 is 0 Å². The summed E-state index contributed by atoms with van der Waals surface area (Å²) in [7, 11) is 0. The highest BCUT2D eigenvalue weighted by Crippen LogP contribution is 2.66. The van der Waals surface area contributed by atoms with E-state index in [0.717, 1.165) is 0 Å². The first-order chi connectivity index (χ1) is 28.1. The SMILES string of the molecule is CC1(C)c2ccccc2-c2ccc(C3C=Cc4c3cccc4N(c3ccc4c(c3)C(C)(C)c3ccccc3-4)c3c4c(cc5ccccc35)C(C)(C)C(C)(C)C4(C)C)cc21. The zero-order chi connectivity index (χ0) is 41.0. The number of fused-ring (bicyclic) bond motifs is 9. The quantitative estimate of drug-likeness (QED) is 0.172. The number of anilines is 3. The monoisotopic (exact) mass is 765 g/mol. The molecule has 7 aromatic rings. The number of allylic oxidation sites excluding steroid dienone is 1. The second-order valence-corrected chi connectivity index (χ2v) is 20.6. The van der Waals surface area contributed by atoms with Crippen molar-refractivity contribution in [2.24, 2.45) is 5.41 Å². The van der Waals surface area contributed by atoms with Crippen LogP contribution in [0.15, 0.2) is 140 Å². The first-order valence-electron chi connectivity index (χ1n) is 21.7. The van der Waals surface area contributed by atoms with Crippen LogP contribution in [0.3, 0.4) is 0 Å². The molecule has 0 heterocycles. The molecule has 0 saturated heterocycles. The highest BCUT2D eigenvalue weighted by Gasteiger charge is 2.58. The Labute approximate surface area is 351 Å². The van der Waals surface area contributed by atoms with Gasteiger partial charge in [-0.1, -0.05) is 197 Å². The van der Waals surface area contributed by atoms with E-state index in [0.29, 0.717) is 0 Å². The van der Waals surface area contributed by atoms with E-state index in [1.165, 1.54) is 100 Å². The van der Waals surface area contributed by atoms with Crippen LogP contribution in [-0.4, -0.2) is 0 Å². The third kappa shape index (κ3) is 4.57. The van der Waals surface area contributed by atoms with Crippen molar-refractivity contribution in [1.29, 1.82) is 0 Å². The van der Waals surface area contributed by atoms with E-state index in [1.807, 2.05) is 0 Å². The molecule has 1 unspecified atom stereocenters. The highest BCUT2D eigenvalue weighted by molar-refractivity contribution is 6.04. The van der Waals surface area contributed by atoms with Gasteiger partial charge in [-0.2, -0.15) is 0 Å². The average molecular weight is 766 g/mol. The molecule has 1 heteroatoms. The first kappa shape index (κ1) is 36.4. The van der Waals surface area contributed by atoms with Crippen LogP contribution in [0.2, 0.25) is 0 Å². The molecule has 0 saturated carbocycles. The molecule has 0 aliphatic heterocycles. The molecular weight excluding hydrogens is 711 g/mol. The van der Waals surface area contributed by atoms with Crippen molar-refractivity contribution in [3.63, 3.8) is 0 Å². The summed E-state index contributed by atoms with van der Waals surface area (Å²) in [5.41, 5.74) is 21.5. The van der Waals surface area contributed by atoms with Gasteiger partial charge in [-0.3, -0.25) is 0 Å². The van der Waals surface area contributed by atoms with Crippen molar-refractivity contribution in [3.05, 3.63) is 190 Å². The van der Waals surface area contributed by atoms with Crippen molar-refractivity contribution in [1.82, 2.24) is 0 Å².